The topological polar surface area (TPSA) is 75.4 Å². The molecule has 1 aliphatic rings. The maximum Gasteiger partial charge on any atom is 0.263 e. The Balaban J connectivity index is 1.64. The van der Waals surface area contributed by atoms with Crippen LogP contribution in [-0.2, 0) is 0 Å². The highest BCUT2D eigenvalue weighted by Crippen LogP contribution is 2.29. The van der Waals surface area contributed by atoms with Crippen molar-refractivity contribution in [1.29, 1.82) is 0 Å². The first kappa shape index (κ1) is 16.2. The predicted octanol–water partition coefficient (Wildman–Crippen LogP) is 3.30. The minimum absolute atomic E-state index is 0.0883. The normalized spacial score (nSPS) is 21.3. The number of nitrogens with one attached hydrogen (secondary N) is 1. The lowest BCUT2D eigenvalue weighted by molar-refractivity contribution is 0.0876. The summed E-state index contributed by atoms with van der Waals surface area (Å²) in [6.07, 6.45) is 3.53. The van der Waals surface area contributed by atoms with Crippen LogP contribution in [0.1, 0.15) is 46.8 Å². The molecule has 2 heterocycles. The third-order valence-corrected chi connectivity index (χ3v) is 5.43. The monoisotopic (exact) mass is 334 g/mol. The van der Waals surface area contributed by atoms with Gasteiger partial charge in [0, 0.05) is 6.54 Å². The van der Waals surface area contributed by atoms with Crippen molar-refractivity contribution in [2.75, 3.05) is 6.54 Å². The average molecular weight is 334 g/mol. The van der Waals surface area contributed by atoms with Crippen LogP contribution >= 0.6 is 11.3 Å². The zero-order chi connectivity index (χ0) is 16.4. The molecule has 1 aliphatic carbocycles. The van der Waals surface area contributed by atoms with Gasteiger partial charge in [-0.1, -0.05) is 6.42 Å². The molecule has 0 aliphatic heterocycles. The Hall–Kier alpha value is -1.66. The Morgan fingerprint density at radius 1 is 1.43 bits per heavy atom. The lowest BCUT2D eigenvalue weighted by Gasteiger charge is -2.25. The summed E-state index contributed by atoms with van der Waals surface area (Å²) in [5.41, 5.74) is 0.722. The summed E-state index contributed by atoms with van der Waals surface area (Å²) in [6, 6.07) is 3.76. The zero-order valence-corrected chi connectivity index (χ0v) is 14.3. The largest absolute Gasteiger partial charge is 0.459 e. The molecule has 0 saturated heterocycles. The van der Waals surface area contributed by atoms with Crippen molar-refractivity contribution in [3.05, 3.63) is 28.5 Å². The second-order valence-electron chi connectivity index (χ2n) is 6.24. The fourth-order valence-corrected chi connectivity index (χ4v) is 3.97. The fraction of sp³-hybridized carbons (Fsp3) is 0.529. The summed E-state index contributed by atoms with van der Waals surface area (Å²) in [5.74, 6) is 1.80. The molecule has 0 bridgehead atoms. The first-order valence-electron chi connectivity index (χ1n) is 8.03. The van der Waals surface area contributed by atoms with Crippen LogP contribution in [0.25, 0.3) is 10.8 Å². The number of hydrogen-bond donors (Lipinski definition) is 2. The molecule has 2 unspecified atom stereocenters. The second kappa shape index (κ2) is 6.84. The molecule has 2 N–H and O–H groups in total. The lowest BCUT2D eigenvalue weighted by atomic mass is 9.87. The standard InChI is InChI=1S/C17H22N2O3S/c1-10-6-7-14(22-10)17-19-11(2)15(23-17)16(21)18-9-12-4-3-5-13(20)8-12/h6-7,12-13,20H,3-5,8-9H2,1-2H3,(H,18,21). The number of nitrogens with zero attached hydrogens (tertiary/aromatic N) is 1. The van der Waals surface area contributed by atoms with E-state index in [-0.39, 0.29) is 12.0 Å². The molecule has 2 aromatic heterocycles. The average Bonchev–Trinajstić information content (AvgIpc) is 3.11. The molecular formula is C17H22N2O3S. The van der Waals surface area contributed by atoms with Gasteiger partial charge in [0.15, 0.2) is 10.8 Å². The summed E-state index contributed by atoms with van der Waals surface area (Å²) in [7, 11) is 0. The molecule has 124 valence electrons. The van der Waals surface area contributed by atoms with Gasteiger partial charge in [-0.2, -0.15) is 0 Å². The number of aliphatic hydroxyl groups excluding tert-OH is 1. The Labute approximate surface area is 139 Å². The SMILES string of the molecule is Cc1ccc(-c2nc(C)c(C(=O)NCC3CCCC(O)C3)s2)o1. The number of furan rings is 1. The third-order valence-electron chi connectivity index (χ3n) is 4.26. The molecular weight excluding hydrogens is 312 g/mol. The van der Waals surface area contributed by atoms with Gasteiger partial charge in [-0.25, -0.2) is 4.98 Å². The summed E-state index contributed by atoms with van der Waals surface area (Å²) in [6.45, 7) is 4.34. The van der Waals surface area contributed by atoms with Crippen LogP contribution < -0.4 is 5.32 Å². The van der Waals surface area contributed by atoms with Crippen molar-refractivity contribution in [2.45, 2.75) is 45.6 Å². The summed E-state index contributed by atoms with van der Waals surface area (Å²) >= 11 is 1.35. The minimum atomic E-state index is -0.218. The van der Waals surface area contributed by atoms with Gasteiger partial charge in [0.1, 0.15) is 10.6 Å². The van der Waals surface area contributed by atoms with Crippen LogP contribution in [0.15, 0.2) is 16.5 Å². The first-order chi connectivity index (χ1) is 11.0. The molecule has 0 radical (unpaired) electrons. The van der Waals surface area contributed by atoms with Crippen LogP contribution in [0, 0.1) is 19.8 Å². The summed E-state index contributed by atoms with van der Waals surface area (Å²) in [4.78, 5) is 17.5. The first-order valence-corrected chi connectivity index (χ1v) is 8.85. The van der Waals surface area contributed by atoms with E-state index in [2.05, 4.69) is 10.3 Å². The number of amides is 1. The highest BCUT2D eigenvalue weighted by molar-refractivity contribution is 7.17. The molecule has 1 fully saturated rings. The molecule has 5 nitrogen and oxygen atoms in total. The zero-order valence-electron chi connectivity index (χ0n) is 13.5. The third kappa shape index (κ3) is 3.82. The van der Waals surface area contributed by atoms with Crippen LogP contribution in [0.5, 0.6) is 0 Å². The van der Waals surface area contributed by atoms with Crippen molar-refractivity contribution < 1.29 is 14.3 Å². The maximum absolute atomic E-state index is 12.4. The number of aryl methyl sites for hydroxylation is 2. The minimum Gasteiger partial charge on any atom is -0.459 e. The Kier molecular flexibility index (Phi) is 4.82. The number of rotatable bonds is 4. The van der Waals surface area contributed by atoms with Crippen LogP contribution in [-0.4, -0.2) is 28.6 Å². The second-order valence-corrected chi connectivity index (χ2v) is 7.24. The van der Waals surface area contributed by atoms with E-state index < -0.39 is 0 Å². The number of hydrogen-bond acceptors (Lipinski definition) is 5. The van der Waals surface area contributed by atoms with Crippen LogP contribution in [0.4, 0.5) is 0 Å². The Bertz CT molecular complexity index is 692. The Morgan fingerprint density at radius 2 is 2.26 bits per heavy atom. The van der Waals surface area contributed by atoms with Crippen LogP contribution in [0.2, 0.25) is 0 Å². The van der Waals surface area contributed by atoms with Gasteiger partial charge in [-0.15, -0.1) is 11.3 Å². The van der Waals surface area contributed by atoms with E-state index in [0.29, 0.717) is 23.1 Å². The van der Waals surface area contributed by atoms with Gasteiger partial charge in [0.05, 0.1) is 11.8 Å². The quantitative estimate of drug-likeness (QED) is 0.899. The number of aliphatic hydroxyl groups is 1. The molecule has 23 heavy (non-hydrogen) atoms. The molecule has 6 heteroatoms. The summed E-state index contributed by atoms with van der Waals surface area (Å²) < 4.78 is 5.57. The van der Waals surface area contributed by atoms with E-state index >= 15 is 0 Å². The van der Waals surface area contributed by atoms with E-state index in [0.717, 1.165) is 42.1 Å². The van der Waals surface area contributed by atoms with Crippen molar-refractivity contribution in [1.82, 2.24) is 10.3 Å². The van der Waals surface area contributed by atoms with E-state index in [1.807, 2.05) is 26.0 Å². The molecule has 1 amide bonds. The summed E-state index contributed by atoms with van der Waals surface area (Å²) in [5, 5.41) is 13.4. The smallest absolute Gasteiger partial charge is 0.263 e. The van der Waals surface area contributed by atoms with E-state index in [4.69, 9.17) is 4.42 Å². The van der Waals surface area contributed by atoms with E-state index in [1.54, 1.807) is 0 Å². The molecule has 2 atom stereocenters. The predicted molar refractivity (Wildman–Crippen MR) is 89.6 cm³/mol. The maximum atomic E-state index is 12.4. The fourth-order valence-electron chi connectivity index (χ4n) is 3.03. The van der Waals surface area contributed by atoms with E-state index in [1.165, 1.54) is 11.3 Å². The molecule has 3 rings (SSSR count). The van der Waals surface area contributed by atoms with Crippen LogP contribution in [0.3, 0.4) is 0 Å². The van der Waals surface area contributed by atoms with Gasteiger partial charge < -0.3 is 14.8 Å². The number of thiazole rings is 1. The van der Waals surface area contributed by atoms with Crippen molar-refractivity contribution >= 4 is 17.2 Å². The van der Waals surface area contributed by atoms with E-state index in [9.17, 15) is 9.90 Å². The van der Waals surface area contributed by atoms with Crippen molar-refractivity contribution in [2.24, 2.45) is 5.92 Å². The molecule has 0 spiro atoms. The molecule has 2 aromatic rings. The van der Waals surface area contributed by atoms with Gasteiger partial charge in [-0.3, -0.25) is 4.79 Å². The number of carbonyl (C=O) groups excluding carboxylic acids is 1. The van der Waals surface area contributed by atoms with Gasteiger partial charge in [-0.05, 0) is 51.2 Å². The Morgan fingerprint density at radius 3 is 2.96 bits per heavy atom. The number of aromatic nitrogens is 1. The van der Waals surface area contributed by atoms with Crippen molar-refractivity contribution in [3.8, 4) is 10.8 Å². The van der Waals surface area contributed by atoms with Gasteiger partial charge in [0.2, 0.25) is 0 Å². The van der Waals surface area contributed by atoms with Gasteiger partial charge in [0.25, 0.3) is 5.91 Å². The number of carbonyl (C=O) groups is 1. The van der Waals surface area contributed by atoms with Gasteiger partial charge >= 0.3 is 0 Å². The highest BCUT2D eigenvalue weighted by atomic mass is 32.1. The molecule has 0 aromatic carbocycles. The van der Waals surface area contributed by atoms with Crippen molar-refractivity contribution in [3.63, 3.8) is 0 Å². The highest BCUT2D eigenvalue weighted by Gasteiger charge is 2.22. The molecule has 1 saturated carbocycles. The lowest BCUT2D eigenvalue weighted by Crippen LogP contribution is -2.32.